The summed E-state index contributed by atoms with van der Waals surface area (Å²) in [7, 11) is 0. The summed E-state index contributed by atoms with van der Waals surface area (Å²) in [5, 5.41) is 0. The number of rotatable bonds is 1. The molecule has 1 rings (SSSR count). The molecule has 0 aliphatic heterocycles. The number of alkyl halides is 3. The maximum Gasteiger partial charge on any atom is 0.575 e. The summed E-state index contributed by atoms with van der Waals surface area (Å²) in [5.74, 6) is -1.44. The number of halogens is 3. The van der Waals surface area contributed by atoms with Crippen molar-refractivity contribution in [2.24, 2.45) is 0 Å². The number of pyridine rings is 1. The van der Waals surface area contributed by atoms with Crippen molar-refractivity contribution in [2.75, 3.05) is 0 Å². The summed E-state index contributed by atoms with van der Waals surface area (Å²) in [6, 6.07) is 2.58. The molecule has 14 heavy (non-hydrogen) atoms. The van der Waals surface area contributed by atoms with Gasteiger partial charge in [0.05, 0.1) is 11.3 Å². The van der Waals surface area contributed by atoms with Gasteiger partial charge in [-0.25, -0.2) is 4.79 Å². The lowest BCUT2D eigenvalue weighted by Crippen LogP contribution is -2.20. The van der Waals surface area contributed by atoms with E-state index in [1.807, 2.05) is 0 Å². The van der Waals surface area contributed by atoms with Gasteiger partial charge in [-0.1, -0.05) is 0 Å². The fourth-order valence-electron chi connectivity index (χ4n) is 0.860. The third-order valence-corrected chi connectivity index (χ3v) is 1.44. The van der Waals surface area contributed by atoms with Crippen LogP contribution in [-0.4, -0.2) is 17.3 Å². The summed E-state index contributed by atoms with van der Waals surface area (Å²) in [6.07, 6.45) is -3.58. The molecule has 76 valence electrons. The van der Waals surface area contributed by atoms with Crippen LogP contribution in [0.25, 0.3) is 0 Å². The van der Waals surface area contributed by atoms with E-state index in [9.17, 15) is 18.0 Å². The first-order valence-corrected chi connectivity index (χ1v) is 3.62. The monoisotopic (exact) mass is 205 g/mol. The van der Waals surface area contributed by atoms with E-state index in [1.54, 1.807) is 0 Å². The Morgan fingerprint density at radius 2 is 2.14 bits per heavy atom. The zero-order chi connectivity index (χ0) is 10.8. The topological polar surface area (TPSA) is 39.2 Å². The van der Waals surface area contributed by atoms with Crippen molar-refractivity contribution in [2.45, 2.75) is 13.3 Å². The number of hydrogen-bond acceptors (Lipinski definition) is 3. The van der Waals surface area contributed by atoms with Crippen LogP contribution in [0.3, 0.4) is 0 Å². The lowest BCUT2D eigenvalue weighted by atomic mass is 10.2. The zero-order valence-corrected chi connectivity index (χ0v) is 7.13. The Morgan fingerprint density at radius 3 is 2.64 bits per heavy atom. The summed E-state index contributed by atoms with van der Waals surface area (Å²) >= 11 is 0. The first kappa shape index (κ1) is 10.5. The van der Waals surface area contributed by atoms with Gasteiger partial charge in [0, 0.05) is 6.20 Å². The molecule has 0 unspecified atom stereocenters. The molecular weight excluding hydrogens is 199 g/mol. The minimum atomic E-state index is -4.96. The van der Waals surface area contributed by atoms with Crippen LogP contribution in [0.2, 0.25) is 0 Å². The van der Waals surface area contributed by atoms with Crippen molar-refractivity contribution in [1.29, 1.82) is 0 Å². The standard InChI is InChI=1S/C8H6F3NO2/c1-5-6(3-2-4-12-5)7(13)14-8(9,10)11/h2-4H,1H3. The average Bonchev–Trinajstić information content (AvgIpc) is 2.01. The SMILES string of the molecule is Cc1ncccc1C(=O)OC(F)(F)F. The van der Waals surface area contributed by atoms with Crippen LogP contribution in [0, 0.1) is 6.92 Å². The molecule has 0 spiro atoms. The average molecular weight is 205 g/mol. The zero-order valence-electron chi connectivity index (χ0n) is 7.13. The Labute approximate surface area is 77.5 Å². The van der Waals surface area contributed by atoms with Gasteiger partial charge in [-0.05, 0) is 19.1 Å². The predicted octanol–water partition coefficient (Wildman–Crippen LogP) is 2.07. The van der Waals surface area contributed by atoms with Crippen LogP contribution in [0.5, 0.6) is 0 Å². The van der Waals surface area contributed by atoms with Crippen molar-refractivity contribution in [3.8, 4) is 0 Å². The molecule has 0 amide bonds. The first-order valence-electron chi connectivity index (χ1n) is 3.62. The molecule has 0 bridgehead atoms. The second-order valence-electron chi connectivity index (χ2n) is 2.47. The highest BCUT2D eigenvalue weighted by molar-refractivity contribution is 5.90. The van der Waals surface area contributed by atoms with Crippen LogP contribution in [0.4, 0.5) is 13.2 Å². The van der Waals surface area contributed by atoms with Crippen LogP contribution >= 0.6 is 0 Å². The molecule has 0 aliphatic carbocycles. The fourth-order valence-corrected chi connectivity index (χ4v) is 0.860. The normalized spacial score (nSPS) is 11.1. The van der Waals surface area contributed by atoms with Gasteiger partial charge in [0.25, 0.3) is 0 Å². The highest BCUT2D eigenvalue weighted by Gasteiger charge is 2.34. The van der Waals surface area contributed by atoms with Gasteiger partial charge in [-0.2, -0.15) is 0 Å². The van der Waals surface area contributed by atoms with Gasteiger partial charge in [0.15, 0.2) is 0 Å². The molecule has 0 saturated carbocycles. The predicted molar refractivity (Wildman–Crippen MR) is 40.4 cm³/mol. The summed E-state index contributed by atoms with van der Waals surface area (Å²) in [4.78, 5) is 14.6. The van der Waals surface area contributed by atoms with E-state index in [0.29, 0.717) is 0 Å². The Kier molecular flexibility index (Phi) is 2.73. The van der Waals surface area contributed by atoms with E-state index in [2.05, 4.69) is 9.72 Å². The molecule has 0 fully saturated rings. The summed E-state index contributed by atoms with van der Waals surface area (Å²) < 4.78 is 38.2. The molecule has 6 heteroatoms. The van der Waals surface area contributed by atoms with Crippen molar-refractivity contribution in [3.63, 3.8) is 0 Å². The van der Waals surface area contributed by atoms with Gasteiger partial charge in [0.1, 0.15) is 0 Å². The first-order chi connectivity index (χ1) is 6.40. The molecule has 0 saturated heterocycles. The highest BCUT2D eigenvalue weighted by Crippen LogP contribution is 2.19. The Bertz CT molecular complexity index is 349. The van der Waals surface area contributed by atoms with Crippen LogP contribution < -0.4 is 0 Å². The van der Waals surface area contributed by atoms with E-state index in [-0.39, 0.29) is 11.3 Å². The molecule has 1 heterocycles. The van der Waals surface area contributed by atoms with Crippen molar-refractivity contribution in [1.82, 2.24) is 4.98 Å². The minimum Gasteiger partial charge on any atom is -0.369 e. The van der Waals surface area contributed by atoms with Crippen molar-refractivity contribution < 1.29 is 22.7 Å². The number of carbonyl (C=O) groups excluding carboxylic acids is 1. The van der Waals surface area contributed by atoms with E-state index in [0.717, 1.165) is 0 Å². The molecular formula is C8H6F3NO2. The number of aryl methyl sites for hydroxylation is 1. The quantitative estimate of drug-likeness (QED) is 0.659. The molecule has 1 aromatic rings. The van der Waals surface area contributed by atoms with Gasteiger partial charge in [-0.3, -0.25) is 4.98 Å². The van der Waals surface area contributed by atoms with E-state index in [4.69, 9.17) is 0 Å². The largest absolute Gasteiger partial charge is 0.575 e. The Balaban J connectivity index is 2.86. The molecule has 0 aliphatic rings. The second kappa shape index (κ2) is 3.65. The van der Waals surface area contributed by atoms with Gasteiger partial charge in [-0.15, -0.1) is 13.2 Å². The fraction of sp³-hybridized carbons (Fsp3) is 0.250. The summed E-state index contributed by atoms with van der Waals surface area (Å²) in [5.41, 5.74) is 0.00609. The number of esters is 1. The lowest BCUT2D eigenvalue weighted by Gasteiger charge is -2.07. The van der Waals surface area contributed by atoms with E-state index >= 15 is 0 Å². The smallest absolute Gasteiger partial charge is 0.369 e. The third kappa shape index (κ3) is 2.72. The molecule has 3 nitrogen and oxygen atoms in total. The number of ether oxygens (including phenoxy) is 1. The number of carbonyl (C=O) groups is 1. The molecule has 1 aromatic heterocycles. The third-order valence-electron chi connectivity index (χ3n) is 1.44. The van der Waals surface area contributed by atoms with Gasteiger partial charge < -0.3 is 4.74 Å². The van der Waals surface area contributed by atoms with E-state index < -0.39 is 12.3 Å². The molecule has 0 aromatic carbocycles. The maximum atomic E-state index is 11.7. The van der Waals surface area contributed by atoms with Crippen LogP contribution in [-0.2, 0) is 4.74 Å². The highest BCUT2D eigenvalue weighted by atomic mass is 19.4. The lowest BCUT2D eigenvalue weighted by molar-refractivity contribution is -0.291. The van der Waals surface area contributed by atoms with Gasteiger partial charge in [0.2, 0.25) is 0 Å². The van der Waals surface area contributed by atoms with Crippen LogP contribution in [0.1, 0.15) is 16.1 Å². The number of nitrogens with zero attached hydrogens (tertiary/aromatic N) is 1. The van der Waals surface area contributed by atoms with Crippen LogP contribution in [0.15, 0.2) is 18.3 Å². The molecule has 0 N–H and O–H groups in total. The Morgan fingerprint density at radius 1 is 1.50 bits per heavy atom. The van der Waals surface area contributed by atoms with Crippen molar-refractivity contribution in [3.05, 3.63) is 29.6 Å². The van der Waals surface area contributed by atoms with Crippen molar-refractivity contribution >= 4 is 5.97 Å². The number of hydrogen-bond donors (Lipinski definition) is 0. The molecule has 0 radical (unpaired) electrons. The summed E-state index contributed by atoms with van der Waals surface area (Å²) in [6.45, 7) is 1.42. The Hall–Kier alpha value is -1.59. The number of aromatic nitrogens is 1. The molecule has 0 atom stereocenters. The second-order valence-corrected chi connectivity index (χ2v) is 2.47. The minimum absolute atomic E-state index is 0.190. The van der Waals surface area contributed by atoms with E-state index in [1.165, 1.54) is 25.3 Å². The maximum absolute atomic E-state index is 11.7. The van der Waals surface area contributed by atoms with Gasteiger partial charge >= 0.3 is 12.3 Å².